The number of hydrogen-bond donors (Lipinski definition) is 1. The van der Waals surface area contributed by atoms with Crippen LogP contribution in [0.1, 0.15) is 40.9 Å². The molecule has 1 saturated heterocycles. The predicted molar refractivity (Wildman–Crippen MR) is 111 cm³/mol. The van der Waals surface area contributed by atoms with E-state index in [0.717, 1.165) is 28.5 Å². The number of likely N-dealkylation sites (tertiary alicyclic amines) is 1. The van der Waals surface area contributed by atoms with Gasteiger partial charge in [0.05, 0.1) is 18.7 Å². The molecule has 5 rings (SSSR count). The van der Waals surface area contributed by atoms with Gasteiger partial charge in [-0.1, -0.05) is 27.7 Å². The molecular weight excluding hydrogens is 434 g/mol. The Morgan fingerprint density at radius 2 is 1.93 bits per heavy atom. The van der Waals surface area contributed by atoms with Crippen molar-refractivity contribution in [1.29, 1.82) is 0 Å². The van der Waals surface area contributed by atoms with Crippen LogP contribution < -0.4 is 14.7 Å². The van der Waals surface area contributed by atoms with Gasteiger partial charge in [0, 0.05) is 21.5 Å². The van der Waals surface area contributed by atoms with Crippen LogP contribution in [0, 0.1) is 0 Å². The number of carbonyl (C=O) groups is 1. The SMILES string of the molecule is O=C1C(=Cc2cc3cc(Br)ccc3o2)Oc2c1ccc([O-])c2C[NH+]1CCCCC1. The minimum absolute atomic E-state index is 0.0653. The Balaban J connectivity index is 1.47. The van der Waals surface area contributed by atoms with E-state index in [4.69, 9.17) is 9.15 Å². The number of rotatable bonds is 3. The highest BCUT2D eigenvalue weighted by Gasteiger charge is 2.31. The average Bonchev–Trinajstić information content (AvgIpc) is 3.25. The number of fused-ring (bicyclic) bond motifs is 2. The van der Waals surface area contributed by atoms with E-state index in [2.05, 4.69) is 15.9 Å². The molecule has 3 heterocycles. The van der Waals surface area contributed by atoms with Crippen LogP contribution in [-0.4, -0.2) is 18.9 Å². The summed E-state index contributed by atoms with van der Waals surface area (Å²) in [4.78, 5) is 14.2. The molecule has 0 radical (unpaired) electrons. The van der Waals surface area contributed by atoms with E-state index >= 15 is 0 Å². The molecule has 0 saturated carbocycles. The number of carbonyl (C=O) groups excluding carboxylic acids is 1. The molecule has 0 unspecified atom stereocenters. The van der Waals surface area contributed by atoms with E-state index in [1.54, 1.807) is 12.1 Å². The zero-order valence-corrected chi connectivity index (χ0v) is 17.4. The molecule has 0 aliphatic carbocycles. The number of Topliss-reactive ketones (excluding diaryl/α,β-unsaturated/α-hetero) is 1. The summed E-state index contributed by atoms with van der Waals surface area (Å²) in [5.41, 5.74) is 1.80. The number of benzene rings is 2. The number of nitrogens with one attached hydrogen (secondary N) is 1. The molecule has 2 aromatic carbocycles. The fourth-order valence-electron chi connectivity index (χ4n) is 4.17. The number of hydrogen-bond acceptors (Lipinski definition) is 4. The van der Waals surface area contributed by atoms with Crippen molar-refractivity contribution in [3.8, 4) is 11.5 Å². The van der Waals surface area contributed by atoms with Gasteiger partial charge in [-0.15, -0.1) is 0 Å². The molecule has 1 aromatic heterocycles. The van der Waals surface area contributed by atoms with Crippen molar-refractivity contribution in [2.24, 2.45) is 0 Å². The molecule has 1 N–H and O–H groups in total. The largest absolute Gasteiger partial charge is 0.872 e. The van der Waals surface area contributed by atoms with Crippen molar-refractivity contribution >= 4 is 38.8 Å². The zero-order chi connectivity index (χ0) is 20.0. The van der Waals surface area contributed by atoms with Crippen LogP contribution in [0.3, 0.4) is 0 Å². The minimum atomic E-state index is -0.212. The predicted octanol–water partition coefficient (Wildman–Crippen LogP) is 3.45. The van der Waals surface area contributed by atoms with E-state index in [9.17, 15) is 9.90 Å². The number of quaternary nitrogens is 1. The lowest BCUT2D eigenvalue weighted by molar-refractivity contribution is -0.918. The smallest absolute Gasteiger partial charge is 0.232 e. The Labute approximate surface area is 176 Å². The first-order chi connectivity index (χ1) is 14.1. The maximum absolute atomic E-state index is 12.9. The maximum Gasteiger partial charge on any atom is 0.232 e. The Bertz CT molecular complexity index is 1140. The second kappa shape index (κ2) is 7.35. The topological polar surface area (TPSA) is 66.9 Å². The fourth-order valence-corrected chi connectivity index (χ4v) is 4.55. The lowest BCUT2D eigenvalue weighted by Crippen LogP contribution is -3.11. The van der Waals surface area contributed by atoms with Crippen molar-refractivity contribution in [2.75, 3.05) is 13.1 Å². The number of allylic oxidation sites excluding steroid dienone is 1. The van der Waals surface area contributed by atoms with Crippen LogP contribution >= 0.6 is 15.9 Å². The molecule has 6 heteroatoms. The van der Waals surface area contributed by atoms with Crippen molar-refractivity contribution < 1.29 is 24.0 Å². The van der Waals surface area contributed by atoms with Gasteiger partial charge in [0.2, 0.25) is 5.78 Å². The van der Waals surface area contributed by atoms with Crippen molar-refractivity contribution in [2.45, 2.75) is 25.8 Å². The highest BCUT2D eigenvalue weighted by atomic mass is 79.9. The minimum Gasteiger partial charge on any atom is -0.872 e. The Morgan fingerprint density at radius 3 is 2.76 bits per heavy atom. The molecule has 29 heavy (non-hydrogen) atoms. The third-order valence-corrected chi connectivity index (χ3v) is 6.15. The Hall–Kier alpha value is -2.57. The molecule has 0 spiro atoms. The molecule has 1 fully saturated rings. The van der Waals surface area contributed by atoms with E-state index in [-0.39, 0.29) is 17.3 Å². The quantitative estimate of drug-likeness (QED) is 0.616. The highest BCUT2D eigenvalue weighted by molar-refractivity contribution is 9.10. The van der Waals surface area contributed by atoms with Crippen molar-refractivity contribution in [3.05, 3.63) is 63.5 Å². The van der Waals surface area contributed by atoms with Gasteiger partial charge in [-0.2, -0.15) is 0 Å². The molecule has 0 bridgehead atoms. The molecule has 2 aliphatic heterocycles. The van der Waals surface area contributed by atoms with Crippen LogP contribution in [0.5, 0.6) is 11.5 Å². The number of furan rings is 1. The third kappa shape index (κ3) is 3.47. The second-order valence-corrected chi connectivity index (χ2v) is 8.59. The first-order valence-electron chi connectivity index (χ1n) is 9.88. The lowest BCUT2D eigenvalue weighted by Gasteiger charge is -2.26. The zero-order valence-electron chi connectivity index (χ0n) is 15.8. The summed E-state index contributed by atoms with van der Waals surface area (Å²) < 4.78 is 12.7. The van der Waals surface area contributed by atoms with E-state index in [1.807, 2.05) is 24.3 Å². The Kier molecular flexibility index (Phi) is 4.68. The summed E-state index contributed by atoms with van der Waals surface area (Å²) in [5, 5.41) is 13.5. The number of halogens is 1. The molecule has 3 aromatic rings. The van der Waals surface area contributed by atoms with Gasteiger partial charge in [-0.05, 0) is 49.6 Å². The van der Waals surface area contributed by atoms with Gasteiger partial charge in [0.1, 0.15) is 23.6 Å². The van der Waals surface area contributed by atoms with Gasteiger partial charge in [0.25, 0.3) is 0 Å². The number of piperidine rings is 1. The van der Waals surface area contributed by atoms with Gasteiger partial charge < -0.3 is 19.2 Å². The van der Waals surface area contributed by atoms with Crippen LogP contribution in [0.25, 0.3) is 17.0 Å². The van der Waals surface area contributed by atoms with Gasteiger partial charge in [0.15, 0.2) is 5.76 Å². The summed E-state index contributed by atoms with van der Waals surface area (Å²) in [6.45, 7) is 2.70. The maximum atomic E-state index is 12.9. The van der Waals surface area contributed by atoms with E-state index in [0.29, 0.717) is 29.2 Å². The average molecular weight is 454 g/mol. The Morgan fingerprint density at radius 1 is 1.10 bits per heavy atom. The molecule has 0 atom stereocenters. The first-order valence-corrected chi connectivity index (χ1v) is 10.7. The standard InChI is InChI=1S/C23H20BrNO4/c24-15-4-7-20-14(10-15)11-16(28-20)12-21-22(27)17-5-6-19(26)18(23(17)29-21)13-25-8-2-1-3-9-25/h4-7,10-12,26H,1-3,8-9,13H2. The monoisotopic (exact) mass is 453 g/mol. The summed E-state index contributed by atoms with van der Waals surface area (Å²) in [5.74, 6) is 0.880. The summed E-state index contributed by atoms with van der Waals surface area (Å²) >= 11 is 3.45. The molecule has 148 valence electrons. The summed E-state index contributed by atoms with van der Waals surface area (Å²) in [6, 6.07) is 10.7. The first kappa shape index (κ1) is 18.5. The number of ether oxygens (including phenoxy) is 1. The van der Waals surface area contributed by atoms with Crippen LogP contribution in [0.15, 0.2) is 51.0 Å². The van der Waals surface area contributed by atoms with E-state index < -0.39 is 0 Å². The van der Waals surface area contributed by atoms with Gasteiger partial charge >= 0.3 is 0 Å². The lowest BCUT2D eigenvalue weighted by atomic mass is 10.0. The van der Waals surface area contributed by atoms with Crippen molar-refractivity contribution in [1.82, 2.24) is 0 Å². The van der Waals surface area contributed by atoms with Crippen LogP contribution in [0.2, 0.25) is 0 Å². The number of ketones is 1. The van der Waals surface area contributed by atoms with Crippen molar-refractivity contribution in [3.63, 3.8) is 0 Å². The normalized spacial score (nSPS) is 18.4. The second-order valence-electron chi connectivity index (χ2n) is 7.68. The summed E-state index contributed by atoms with van der Waals surface area (Å²) in [6.07, 6.45) is 5.20. The molecule has 5 nitrogen and oxygen atoms in total. The molecule has 2 aliphatic rings. The molecule has 0 amide bonds. The fraction of sp³-hybridized carbons (Fsp3) is 0.261. The van der Waals surface area contributed by atoms with Gasteiger partial charge in [-0.25, -0.2) is 0 Å². The van der Waals surface area contributed by atoms with Crippen LogP contribution in [0.4, 0.5) is 0 Å². The van der Waals surface area contributed by atoms with Gasteiger partial charge in [-0.3, -0.25) is 4.79 Å². The third-order valence-electron chi connectivity index (χ3n) is 5.66. The van der Waals surface area contributed by atoms with Crippen LogP contribution in [-0.2, 0) is 6.54 Å². The highest BCUT2D eigenvalue weighted by Crippen LogP contribution is 2.38. The summed E-state index contributed by atoms with van der Waals surface area (Å²) in [7, 11) is 0. The molecular formula is C23H20BrNO4. The van der Waals surface area contributed by atoms with E-state index in [1.165, 1.54) is 30.2 Å².